The van der Waals surface area contributed by atoms with Gasteiger partial charge in [-0.2, -0.15) is 0 Å². The zero-order valence-electron chi connectivity index (χ0n) is 14.9. The van der Waals surface area contributed by atoms with Crippen LogP contribution in [0.1, 0.15) is 12.5 Å². The number of ether oxygens (including phenoxy) is 1. The lowest BCUT2D eigenvalue weighted by Gasteiger charge is -2.24. The van der Waals surface area contributed by atoms with Gasteiger partial charge in [-0.15, -0.1) is 0 Å². The lowest BCUT2D eigenvalue weighted by Crippen LogP contribution is -2.36. The van der Waals surface area contributed by atoms with Gasteiger partial charge in [0.25, 0.3) is 15.7 Å². The molecule has 0 atom stereocenters. The molecule has 28 heavy (non-hydrogen) atoms. The molecular weight excluding hydrogens is 431 g/mol. The summed E-state index contributed by atoms with van der Waals surface area (Å²) in [6.45, 7) is 2.49. The van der Waals surface area contributed by atoms with E-state index in [9.17, 15) is 23.3 Å². The van der Waals surface area contributed by atoms with E-state index in [0.717, 1.165) is 10.4 Å². The highest BCUT2D eigenvalue weighted by atomic mass is 35.5. The maximum Gasteiger partial charge on any atom is 0.326 e. The van der Waals surface area contributed by atoms with E-state index >= 15 is 0 Å². The Morgan fingerprint density at radius 1 is 1.18 bits per heavy atom. The number of rotatable bonds is 7. The average molecular weight is 447 g/mol. The van der Waals surface area contributed by atoms with E-state index in [1.165, 1.54) is 37.3 Å². The van der Waals surface area contributed by atoms with Crippen molar-refractivity contribution in [2.24, 2.45) is 0 Å². The van der Waals surface area contributed by atoms with Gasteiger partial charge in [0, 0.05) is 11.6 Å². The van der Waals surface area contributed by atoms with Crippen LogP contribution in [0.3, 0.4) is 0 Å². The summed E-state index contributed by atoms with van der Waals surface area (Å²) in [5, 5.41) is 11.5. The van der Waals surface area contributed by atoms with Crippen LogP contribution in [-0.4, -0.2) is 32.5 Å². The van der Waals surface area contributed by atoms with Crippen molar-refractivity contribution in [2.45, 2.75) is 18.7 Å². The number of carbonyl (C=O) groups excluding carboxylic acids is 1. The van der Waals surface area contributed by atoms with Crippen LogP contribution in [0.4, 0.5) is 11.4 Å². The van der Waals surface area contributed by atoms with Crippen molar-refractivity contribution in [1.29, 1.82) is 0 Å². The molecule has 0 aliphatic heterocycles. The molecule has 0 spiro atoms. The van der Waals surface area contributed by atoms with Crippen molar-refractivity contribution in [1.82, 2.24) is 0 Å². The van der Waals surface area contributed by atoms with Crippen molar-refractivity contribution in [3.05, 3.63) is 62.1 Å². The molecule has 0 bridgehead atoms. The number of hydrogen-bond donors (Lipinski definition) is 0. The Morgan fingerprint density at radius 2 is 1.86 bits per heavy atom. The first kappa shape index (κ1) is 21.9. The van der Waals surface area contributed by atoms with Crippen molar-refractivity contribution < 1.29 is 22.9 Å². The maximum atomic E-state index is 13.2. The fraction of sp³-hybridized carbons (Fsp3) is 0.235. The van der Waals surface area contributed by atoms with Gasteiger partial charge in [-0.3, -0.25) is 19.2 Å². The van der Waals surface area contributed by atoms with Crippen LogP contribution in [0.15, 0.2) is 41.3 Å². The smallest absolute Gasteiger partial charge is 0.326 e. The van der Waals surface area contributed by atoms with Gasteiger partial charge in [0.2, 0.25) is 0 Å². The number of nitro benzene ring substituents is 1. The van der Waals surface area contributed by atoms with Gasteiger partial charge < -0.3 is 4.74 Å². The minimum atomic E-state index is -4.34. The summed E-state index contributed by atoms with van der Waals surface area (Å²) in [6, 6.07) is 7.53. The van der Waals surface area contributed by atoms with Crippen LogP contribution in [0.2, 0.25) is 10.0 Å². The van der Waals surface area contributed by atoms with E-state index < -0.39 is 27.5 Å². The number of esters is 1. The standard InChI is InChI=1S/C17H16Cl2N2O6S/c1-3-27-17(22)10-20(12-5-7-14(18)15(19)8-12)28(25,26)13-6-4-11(2)16(9-13)21(23)24/h4-9H,3,10H2,1-2H3. The number of carbonyl (C=O) groups is 1. The molecule has 0 heterocycles. The SMILES string of the molecule is CCOC(=O)CN(c1ccc(Cl)c(Cl)c1)S(=O)(=O)c1ccc(C)c([N+](=O)[O-])c1. The number of halogens is 2. The van der Waals surface area contributed by atoms with E-state index in [0.29, 0.717) is 5.56 Å². The minimum absolute atomic E-state index is 0.0596. The lowest BCUT2D eigenvalue weighted by molar-refractivity contribution is -0.385. The molecule has 0 amide bonds. The largest absolute Gasteiger partial charge is 0.465 e. The van der Waals surface area contributed by atoms with Gasteiger partial charge in [0.1, 0.15) is 6.54 Å². The highest BCUT2D eigenvalue weighted by Crippen LogP contribution is 2.32. The number of hydrogen-bond acceptors (Lipinski definition) is 6. The molecule has 0 saturated carbocycles. The summed E-state index contributed by atoms with van der Waals surface area (Å²) in [7, 11) is -4.34. The third-order valence-electron chi connectivity index (χ3n) is 3.73. The van der Waals surface area contributed by atoms with E-state index in [1.54, 1.807) is 6.92 Å². The Balaban J connectivity index is 2.60. The summed E-state index contributed by atoms with van der Waals surface area (Å²) in [5.41, 5.74) is 0.00686. The van der Waals surface area contributed by atoms with Crippen LogP contribution >= 0.6 is 23.2 Å². The molecule has 0 unspecified atom stereocenters. The second-order valence-corrected chi connectivity index (χ2v) is 8.30. The van der Waals surface area contributed by atoms with E-state index in [1.807, 2.05) is 0 Å². The first-order valence-corrected chi connectivity index (χ1v) is 10.2. The van der Waals surface area contributed by atoms with E-state index in [-0.39, 0.29) is 32.9 Å². The number of aryl methyl sites for hydroxylation is 1. The molecule has 8 nitrogen and oxygen atoms in total. The maximum absolute atomic E-state index is 13.2. The van der Waals surface area contributed by atoms with Crippen LogP contribution in [0.25, 0.3) is 0 Å². The molecular formula is C17H16Cl2N2O6S. The monoisotopic (exact) mass is 446 g/mol. The first-order valence-electron chi connectivity index (χ1n) is 7.96. The summed E-state index contributed by atoms with van der Waals surface area (Å²) < 4.78 is 32.0. The Kier molecular flexibility index (Phi) is 6.87. The molecule has 0 aromatic heterocycles. The molecule has 0 aliphatic rings. The molecule has 2 aromatic rings. The number of nitrogens with zero attached hydrogens (tertiary/aromatic N) is 2. The van der Waals surface area contributed by atoms with Crippen molar-refractivity contribution >= 4 is 50.6 Å². The lowest BCUT2D eigenvalue weighted by atomic mass is 10.2. The molecule has 2 aromatic carbocycles. The molecule has 0 fully saturated rings. The van der Waals surface area contributed by atoms with Crippen molar-refractivity contribution in [2.75, 3.05) is 17.5 Å². The second-order valence-electron chi connectivity index (χ2n) is 5.62. The Labute approximate surface area is 171 Å². The van der Waals surface area contributed by atoms with Crippen LogP contribution in [0, 0.1) is 17.0 Å². The summed E-state index contributed by atoms with van der Waals surface area (Å²) in [6.07, 6.45) is 0. The Bertz CT molecular complexity index is 1030. The fourth-order valence-corrected chi connectivity index (χ4v) is 4.07. The number of anilines is 1. The predicted molar refractivity (Wildman–Crippen MR) is 105 cm³/mol. The van der Waals surface area contributed by atoms with Crippen molar-refractivity contribution in [3.8, 4) is 0 Å². The van der Waals surface area contributed by atoms with Gasteiger partial charge in [-0.25, -0.2) is 8.42 Å². The zero-order valence-corrected chi connectivity index (χ0v) is 17.2. The number of sulfonamides is 1. The van der Waals surface area contributed by atoms with Gasteiger partial charge >= 0.3 is 5.97 Å². The third-order valence-corrected chi connectivity index (χ3v) is 6.24. The molecule has 0 N–H and O–H groups in total. The minimum Gasteiger partial charge on any atom is -0.465 e. The van der Waals surface area contributed by atoms with Crippen molar-refractivity contribution in [3.63, 3.8) is 0 Å². The fourth-order valence-electron chi connectivity index (χ4n) is 2.35. The summed E-state index contributed by atoms with van der Waals surface area (Å²) >= 11 is 11.9. The van der Waals surface area contributed by atoms with Crippen LogP contribution in [0.5, 0.6) is 0 Å². The molecule has 0 radical (unpaired) electrons. The average Bonchev–Trinajstić information content (AvgIpc) is 2.62. The Morgan fingerprint density at radius 3 is 2.43 bits per heavy atom. The topological polar surface area (TPSA) is 107 Å². The zero-order chi connectivity index (χ0) is 21.1. The van der Waals surface area contributed by atoms with E-state index in [2.05, 4.69) is 0 Å². The van der Waals surface area contributed by atoms with Gasteiger partial charge in [0.15, 0.2) is 0 Å². The van der Waals surface area contributed by atoms with Gasteiger partial charge in [-0.1, -0.05) is 29.3 Å². The van der Waals surface area contributed by atoms with Crippen LogP contribution < -0.4 is 4.31 Å². The van der Waals surface area contributed by atoms with E-state index in [4.69, 9.17) is 27.9 Å². The highest BCUT2D eigenvalue weighted by Gasteiger charge is 2.30. The number of benzene rings is 2. The predicted octanol–water partition coefficient (Wildman–Crippen LogP) is 3.97. The first-order chi connectivity index (χ1) is 13.1. The third kappa shape index (κ3) is 4.73. The Hall–Kier alpha value is -2.36. The van der Waals surface area contributed by atoms with Crippen LogP contribution in [-0.2, 0) is 19.6 Å². The molecule has 150 valence electrons. The quantitative estimate of drug-likeness (QED) is 0.361. The number of nitro groups is 1. The second kappa shape index (κ2) is 8.76. The molecule has 2 rings (SSSR count). The normalized spacial score (nSPS) is 11.1. The van der Waals surface area contributed by atoms with Gasteiger partial charge in [0.05, 0.1) is 32.2 Å². The molecule has 11 heteroatoms. The highest BCUT2D eigenvalue weighted by molar-refractivity contribution is 7.92. The van der Waals surface area contributed by atoms with Gasteiger partial charge in [-0.05, 0) is 38.1 Å². The summed E-state index contributed by atoms with van der Waals surface area (Å²) in [5.74, 6) is -0.793. The molecule has 0 aliphatic carbocycles. The summed E-state index contributed by atoms with van der Waals surface area (Å²) in [4.78, 5) is 22.1. The molecule has 0 saturated heterocycles.